The first-order chi connectivity index (χ1) is 35.2. The fourth-order valence-electron chi connectivity index (χ4n) is 11.9. The van der Waals surface area contributed by atoms with Gasteiger partial charge in [-0.25, -0.2) is 0 Å². The van der Waals surface area contributed by atoms with Crippen molar-refractivity contribution in [2.45, 2.75) is 15.2 Å². The zero-order valence-electron chi connectivity index (χ0n) is 38.3. The summed E-state index contributed by atoms with van der Waals surface area (Å²) in [6.07, 6.45) is 0. The third kappa shape index (κ3) is 5.96. The van der Waals surface area contributed by atoms with E-state index in [9.17, 15) is 0 Å². The molecule has 0 atom stereocenters. The molecule has 1 aliphatic heterocycles. The van der Waals surface area contributed by atoms with Gasteiger partial charge in [-0.05, 0) is 110 Å². The van der Waals surface area contributed by atoms with Crippen molar-refractivity contribution in [3.05, 3.63) is 271 Å². The number of rotatable bonds is 6. The van der Waals surface area contributed by atoms with Crippen LogP contribution in [0.2, 0.25) is 0 Å². The molecule has 1 spiro atoms. The SMILES string of the molecule is c1ccc(-c2cccc(-c3c(N(c4cc(-c5ccccc5)cc5c4oc4ccccc45)c4cccc5c4sc4ccccc45)ccc4c3Sc3ccccc3C43c4ccccc4-c4ccccc43)c2)cc1. The van der Waals surface area contributed by atoms with Gasteiger partial charge in [-0.15, -0.1) is 11.3 Å². The fraction of sp³-hybridized carbons (Fsp3) is 0.0149. The van der Waals surface area contributed by atoms with Gasteiger partial charge in [0.05, 0.1) is 27.2 Å². The van der Waals surface area contributed by atoms with E-state index in [1.165, 1.54) is 80.0 Å². The normalized spacial score (nSPS) is 13.1. The number of fused-ring (bicyclic) bond motifs is 15. The second kappa shape index (κ2) is 15.8. The molecule has 3 heterocycles. The summed E-state index contributed by atoms with van der Waals surface area (Å²) in [5.74, 6) is 0. The van der Waals surface area contributed by atoms with Crippen molar-refractivity contribution in [1.82, 2.24) is 0 Å². The highest BCUT2D eigenvalue weighted by molar-refractivity contribution is 7.99. The topological polar surface area (TPSA) is 16.4 Å². The molecular weight excluding hydrogens is 899 g/mol. The second-order valence-corrected chi connectivity index (χ2v) is 20.8. The van der Waals surface area contributed by atoms with Crippen LogP contribution in [-0.4, -0.2) is 0 Å². The van der Waals surface area contributed by atoms with Crippen molar-refractivity contribution in [3.8, 4) is 44.5 Å². The van der Waals surface area contributed by atoms with Crippen molar-refractivity contribution in [3.63, 3.8) is 0 Å². The van der Waals surface area contributed by atoms with Crippen LogP contribution in [0.3, 0.4) is 0 Å². The molecule has 11 aromatic carbocycles. The summed E-state index contributed by atoms with van der Waals surface area (Å²) in [6.45, 7) is 0. The second-order valence-electron chi connectivity index (χ2n) is 18.6. The lowest BCUT2D eigenvalue weighted by Gasteiger charge is -2.41. The Labute approximate surface area is 419 Å². The van der Waals surface area contributed by atoms with E-state index in [4.69, 9.17) is 4.42 Å². The van der Waals surface area contributed by atoms with Crippen LogP contribution >= 0.6 is 23.1 Å². The lowest BCUT2D eigenvalue weighted by atomic mass is 9.67. The summed E-state index contributed by atoms with van der Waals surface area (Å²) in [7, 11) is 0. The third-order valence-electron chi connectivity index (χ3n) is 14.9. The van der Waals surface area contributed by atoms with Gasteiger partial charge >= 0.3 is 0 Å². The highest BCUT2D eigenvalue weighted by Gasteiger charge is 2.51. The van der Waals surface area contributed by atoms with E-state index < -0.39 is 5.41 Å². The highest BCUT2D eigenvalue weighted by atomic mass is 32.2. The van der Waals surface area contributed by atoms with E-state index in [0.29, 0.717) is 0 Å². The molecule has 0 fully saturated rings. The van der Waals surface area contributed by atoms with Gasteiger partial charge in [0.1, 0.15) is 5.58 Å². The van der Waals surface area contributed by atoms with E-state index in [1.807, 2.05) is 23.1 Å². The van der Waals surface area contributed by atoms with Gasteiger partial charge in [-0.1, -0.05) is 212 Å². The average molecular weight is 940 g/mol. The molecule has 13 aromatic rings. The van der Waals surface area contributed by atoms with Gasteiger partial charge in [0.15, 0.2) is 5.58 Å². The van der Waals surface area contributed by atoms with Crippen LogP contribution in [0.1, 0.15) is 22.3 Å². The maximum absolute atomic E-state index is 7.16. The molecular formula is C67H41NOS2. The quantitative estimate of drug-likeness (QED) is 0.165. The summed E-state index contributed by atoms with van der Waals surface area (Å²) in [4.78, 5) is 5.05. The van der Waals surface area contributed by atoms with E-state index in [2.05, 4.69) is 254 Å². The van der Waals surface area contributed by atoms with Gasteiger partial charge in [0, 0.05) is 41.6 Å². The number of benzene rings is 11. The molecule has 4 heteroatoms. The third-order valence-corrected chi connectivity index (χ3v) is 17.3. The number of hydrogen-bond acceptors (Lipinski definition) is 4. The molecule has 2 aliphatic rings. The minimum atomic E-state index is -0.565. The van der Waals surface area contributed by atoms with Gasteiger partial charge in [0.25, 0.3) is 0 Å². The minimum Gasteiger partial charge on any atom is -0.454 e. The Kier molecular flexibility index (Phi) is 9.01. The predicted octanol–water partition coefficient (Wildman–Crippen LogP) is 19.3. The molecule has 0 unspecified atom stereocenters. The molecule has 332 valence electrons. The Morgan fingerprint density at radius 1 is 0.366 bits per heavy atom. The first kappa shape index (κ1) is 40.5. The van der Waals surface area contributed by atoms with Crippen LogP contribution in [0, 0.1) is 0 Å². The van der Waals surface area contributed by atoms with Gasteiger partial charge in [-0.3, -0.25) is 0 Å². The highest BCUT2D eigenvalue weighted by Crippen LogP contribution is 2.65. The van der Waals surface area contributed by atoms with E-state index in [0.717, 1.165) is 55.7 Å². The first-order valence-corrected chi connectivity index (χ1v) is 25.9. The Balaban J connectivity index is 1.12. The molecule has 15 rings (SSSR count). The molecule has 0 bridgehead atoms. The van der Waals surface area contributed by atoms with Crippen molar-refractivity contribution >= 4 is 82.3 Å². The largest absolute Gasteiger partial charge is 0.454 e. The van der Waals surface area contributed by atoms with E-state index in [-0.39, 0.29) is 0 Å². The maximum atomic E-state index is 7.16. The predicted molar refractivity (Wildman–Crippen MR) is 299 cm³/mol. The van der Waals surface area contributed by atoms with Gasteiger partial charge in [0.2, 0.25) is 0 Å². The van der Waals surface area contributed by atoms with Crippen LogP contribution in [0.15, 0.2) is 263 Å². The fourth-order valence-corrected chi connectivity index (χ4v) is 14.5. The first-order valence-electron chi connectivity index (χ1n) is 24.2. The molecule has 0 amide bonds. The zero-order valence-corrected chi connectivity index (χ0v) is 40.0. The number of nitrogens with zero attached hydrogens (tertiary/aromatic N) is 1. The van der Waals surface area contributed by atoms with Crippen molar-refractivity contribution < 1.29 is 4.42 Å². The van der Waals surface area contributed by atoms with Crippen molar-refractivity contribution in [2.75, 3.05) is 4.90 Å². The van der Waals surface area contributed by atoms with Crippen LogP contribution in [0.25, 0.3) is 86.6 Å². The van der Waals surface area contributed by atoms with E-state index >= 15 is 0 Å². The monoisotopic (exact) mass is 939 g/mol. The van der Waals surface area contributed by atoms with Crippen LogP contribution in [0.5, 0.6) is 0 Å². The number of thiophene rings is 1. The Bertz CT molecular complexity index is 4230. The number of para-hydroxylation sites is 1. The summed E-state index contributed by atoms with van der Waals surface area (Å²) < 4.78 is 9.64. The molecule has 0 saturated heterocycles. The Morgan fingerprint density at radius 3 is 1.76 bits per heavy atom. The molecule has 2 aromatic heterocycles. The average Bonchev–Trinajstić information content (AvgIpc) is 4.12. The number of furan rings is 1. The van der Waals surface area contributed by atoms with Crippen LogP contribution in [-0.2, 0) is 5.41 Å². The summed E-state index contributed by atoms with van der Waals surface area (Å²) >= 11 is 3.77. The standard InChI is InChI=1S/C67H41NOS2/c1-3-19-42(20-4-1)44-23-17-24-45(39-44)63-57(38-37-56-66(63)71-62-36-16-13-32-55(62)67(56)53-30-11-7-25-47(53)48-26-8-12-31-54(48)67)68(58-33-18-29-51-50-28-10-15-35-61(50)70-65(51)58)59-41-46(43-21-5-2-6-22-43)40-52-49-27-9-14-34-60(49)69-64(52)59/h1-41H. The van der Waals surface area contributed by atoms with Crippen molar-refractivity contribution in [1.29, 1.82) is 0 Å². The maximum Gasteiger partial charge on any atom is 0.159 e. The van der Waals surface area contributed by atoms with Gasteiger partial charge < -0.3 is 9.32 Å². The Hall–Kier alpha value is -8.41. The molecule has 2 nitrogen and oxygen atoms in total. The Morgan fingerprint density at radius 2 is 0.972 bits per heavy atom. The molecule has 0 radical (unpaired) electrons. The smallest absolute Gasteiger partial charge is 0.159 e. The minimum absolute atomic E-state index is 0.565. The van der Waals surface area contributed by atoms with Gasteiger partial charge in [-0.2, -0.15) is 0 Å². The zero-order chi connectivity index (χ0) is 46.6. The lowest BCUT2D eigenvalue weighted by molar-refractivity contribution is 0.669. The summed E-state index contributed by atoms with van der Waals surface area (Å²) in [5.41, 5.74) is 19.1. The summed E-state index contributed by atoms with van der Waals surface area (Å²) in [6, 6.07) is 91.9. The summed E-state index contributed by atoms with van der Waals surface area (Å²) in [5, 5.41) is 4.67. The number of hydrogen-bond donors (Lipinski definition) is 0. The molecule has 1 aliphatic carbocycles. The molecule has 0 N–H and O–H groups in total. The number of anilines is 3. The van der Waals surface area contributed by atoms with Crippen LogP contribution < -0.4 is 4.90 Å². The van der Waals surface area contributed by atoms with Crippen molar-refractivity contribution in [2.24, 2.45) is 0 Å². The molecule has 0 saturated carbocycles. The molecule has 71 heavy (non-hydrogen) atoms. The van der Waals surface area contributed by atoms with E-state index in [1.54, 1.807) is 0 Å². The van der Waals surface area contributed by atoms with Crippen LogP contribution in [0.4, 0.5) is 17.1 Å². The lowest BCUT2D eigenvalue weighted by Crippen LogP contribution is -2.32.